The lowest BCUT2D eigenvalue weighted by atomic mass is 10.1. The Kier molecular flexibility index (Phi) is 4.52. The minimum Gasteiger partial charge on any atom is -0.370 e. The average Bonchev–Trinajstić information content (AvgIpc) is 2.53. The third-order valence-corrected chi connectivity index (χ3v) is 4.73. The van der Waals surface area contributed by atoms with E-state index in [-0.39, 0.29) is 6.10 Å². The first-order chi connectivity index (χ1) is 10.6. The van der Waals surface area contributed by atoms with Crippen LogP contribution in [0.4, 0.5) is 5.82 Å². The van der Waals surface area contributed by atoms with Crippen LogP contribution < -0.4 is 4.90 Å². The third kappa shape index (κ3) is 3.05. The summed E-state index contributed by atoms with van der Waals surface area (Å²) in [6, 6.07) is 5.64. The summed E-state index contributed by atoms with van der Waals surface area (Å²) in [5.74, 6) is 0.973. The van der Waals surface area contributed by atoms with Gasteiger partial charge in [-0.3, -0.25) is 0 Å². The minimum atomic E-state index is -0.0433. The van der Waals surface area contributed by atoms with E-state index in [2.05, 4.69) is 14.9 Å². The third-order valence-electron chi connectivity index (χ3n) is 3.99. The van der Waals surface area contributed by atoms with E-state index in [0.29, 0.717) is 16.7 Å². The molecule has 1 atom stereocenters. The van der Waals surface area contributed by atoms with Crippen molar-refractivity contribution >= 4 is 29.0 Å². The largest absolute Gasteiger partial charge is 0.370 e. The minimum absolute atomic E-state index is 0.0433. The Bertz CT molecular complexity index is 693. The molecular formula is C16H17Cl2N3O. The molecule has 0 aliphatic carbocycles. The van der Waals surface area contributed by atoms with Crippen LogP contribution in [0.1, 0.15) is 22.9 Å². The molecule has 2 aromatic rings. The average molecular weight is 338 g/mol. The summed E-state index contributed by atoms with van der Waals surface area (Å²) < 4.78 is 5.89. The molecule has 0 saturated carbocycles. The predicted octanol–water partition coefficient (Wildman–Crippen LogP) is 3.98. The van der Waals surface area contributed by atoms with Crippen LogP contribution in [0.15, 0.2) is 24.5 Å². The molecule has 22 heavy (non-hydrogen) atoms. The topological polar surface area (TPSA) is 38.2 Å². The van der Waals surface area contributed by atoms with Gasteiger partial charge < -0.3 is 9.64 Å². The Hall–Kier alpha value is -1.36. The van der Waals surface area contributed by atoms with Crippen molar-refractivity contribution < 1.29 is 4.74 Å². The van der Waals surface area contributed by atoms with Crippen molar-refractivity contribution in [1.82, 2.24) is 9.97 Å². The molecule has 1 aliphatic heterocycles. The monoisotopic (exact) mass is 337 g/mol. The highest BCUT2D eigenvalue weighted by Gasteiger charge is 2.24. The zero-order valence-electron chi connectivity index (χ0n) is 12.5. The molecule has 3 rings (SSSR count). The summed E-state index contributed by atoms with van der Waals surface area (Å²) in [6.45, 7) is 6.24. The highest BCUT2D eigenvalue weighted by Crippen LogP contribution is 2.31. The van der Waals surface area contributed by atoms with Crippen molar-refractivity contribution in [2.75, 3.05) is 24.6 Å². The second kappa shape index (κ2) is 6.41. The van der Waals surface area contributed by atoms with Crippen LogP contribution in [0.25, 0.3) is 0 Å². The van der Waals surface area contributed by atoms with E-state index < -0.39 is 0 Å². The van der Waals surface area contributed by atoms with Crippen LogP contribution in [-0.4, -0.2) is 29.7 Å². The van der Waals surface area contributed by atoms with E-state index in [1.54, 1.807) is 6.33 Å². The molecule has 0 amide bonds. The quantitative estimate of drug-likeness (QED) is 0.830. The number of benzene rings is 1. The van der Waals surface area contributed by atoms with Gasteiger partial charge in [0, 0.05) is 24.3 Å². The van der Waals surface area contributed by atoms with E-state index in [1.807, 2.05) is 32.0 Å². The first-order valence-electron chi connectivity index (χ1n) is 7.16. The van der Waals surface area contributed by atoms with Gasteiger partial charge in [-0.1, -0.05) is 29.3 Å². The predicted molar refractivity (Wildman–Crippen MR) is 88.9 cm³/mol. The molecule has 0 N–H and O–H groups in total. The number of anilines is 1. The lowest BCUT2D eigenvalue weighted by Gasteiger charge is -2.34. The molecule has 116 valence electrons. The standard InChI is InChI=1S/C16H17Cl2N3O/c1-10-11(2)19-9-20-16(10)21-5-6-22-15(8-21)12-3-4-13(17)14(18)7-12/h3-4,7,9,15H,5-6,8H2,1-2H3/t15-/m1/s1. The molecule has 1 aliphatic rings. The van der Waals surface area contributed by atoms with Gasteiger partial charge in [-0.25, -0.2) is 9.97 Å². The Morgan fingerprint density at radius 2 is 2.00 bits per heavy atom. The molecule has 1 aromatic heterocycles. The first-order valence-corrected chi connectivity index (χ1v) is 7.91. The lowest BCUT2D eigenvalue weighted by Crippen LogP contribution is -2.39. The SMILES string of the molecule is Cc1ncnc(N2CCO[C@@H](c3ccc(Cl)c(Cl)c3)C2)c1C. The zero-order valence-corrected chi connectivity index (χ0v) is 14.0. The van der Waals surface area contributed by atoms with Crippen molar-refractivity contribution in [2.24, 2.45) is 0 Å². The number of nitrogens with zero attached hydrogens (tertiary/aromatic N) is 3. The first kappa shape index (κ1) is 15.5. The fourth-order valence-corrected chi connectivity index (χ4v) is 2.91. The van der Waals surface area contributed by atoms with Crippen molar-refractivity contribution in [3.8, 4) is 0 Å². The Morgan fingerprint density at radius 1 is 1.18 bits per heavy atom. The van der Waals surface area contributed by atoms with Crippen molar-refractivity contribution in [1.29, 1.82) is 0 Å². The molecule has 4 nitrogen and oxygen atoms in total. The summed E-state index contributed by atoms with van der Waals surface area (Å²) in [4.78, 5) is 10.9. The van der Waals surface area contributed by atoms with Crippen LogP contribution in [0.3, 0.4) is 0 Å². The van der Waals surface area contributed by atoms with E-state index in [1.165, 1.54) is 0 Å². The Balaban J connectivity index is 1.85. The number of aromatic nitrogens is 2. The van der Waals surface area contributed by atoms with Gasteiger partial charge in [0.05, 0.1) is 16.7 Å². The summed E-state index contributed by atoms with van der Waals surface area (Å²) in [6.07, 6.45) is 1.57. The second-order valence-corrected chi connectivity index (χ2v) is 6.20. The van der Waals surface area contributed by atoms with Gasteiger partial charge in [0.15, 0.2) is 0 Å². The summed E-state index contributed by atoms with van der Waals surface area (Å²) in [5.41, 5.74) is 3.14. The van der Waals surface area contributed by atoms with Gasteiger partial charge >= 0.3 is 0 Å². The maximum atomic E-state index is 6.11. The molecule has 1 fully saturated rings. The normalized spacial score (nSPS) is 18.5. The highest BCUT2D eigenvalue weighted by atomic mass is 35.5. The van der Waals surface area contributed by atoms with E-state index in [4.69, 9.17) is 27.9 Å². The number of rotatable bonds is 2. The zero-order chi connectivity index (χ0) is 15.7. The second-order valence-electron chi connectivity index (χ2n) is 5.39. The van der Waals surface area contributed by atoms with Gasteiger partial charge in [-0.2, -0.15) is 0 Å². The molecule has 1 aromatic carbocycles. The van der Waals surface area contributed by atoms with Crippen LogP contribution >= 0.6 is 23.2 Å². The van der Waals surface area contributed by atoms with Crippen molar-refractivity contribution in [3.63, 3.8) is 0 Å². The molecule has 0 unspecified atom stereocenters. The van der Waals surface area contributed by atoms with Gasteiger partial charge in [-0.15, -0.1) is 0 Å². The van der Waals surface area contributed by atoms with E-state index in [9.17, 15) is 0 Å². The molecule has 2 heterocycles. The molecule has 6 heteroatoms. The Labute approximate surface area is 140 Å². The number of hydrogen-bond donors (Lipinski definition) is 0. The highest BCUT2D eigenvalue weighted by molar-refractivity contribution is 6.42. The van der Waals surface area contributed by atoms with E-state index >= 15 is 0 Å². The summed E-state index contributed by atoms with van der Waals surface area (Å²) in [5, 5.41) is 1.11. The van der Waals surface area contributed by atoms with E-state index in [0.717, 1.165) is 35.7 Å². The molecule has 0 bridgehead atoms. The van der Waals surface area contributed by atoms with Crippen LogP contribution in [0.5, 0.6) is 0 Å². The smallest absolute Gasteiger partial charge is 0.135 e. The van der Waals surface area contributed by atoms with Gasteiger partial charge in [0.2, 0.25) is 0 Å². The van der Waals surface area contributed by atoms with Crippen LogP contribution in [0, 0.1) is 13.8 Å². The van der Waals surface area contributed by atoms with Gasteiger partial charge in [0.1, 0.15) is 18.2 Å². The van der Waals surface area contributed by atoms with Gasteiger partial charge in [0.25, 0.3) is 0 Å². The summed E-state index contributed by atoms with van der Waals surface area (Å²) in [7, 11) is 0. The number of morpholine rings is 1. The fourth-order valence-electron chi connectivity index (χ4n) is 2.60. The molecule has 1 saturated heterocycles. The Morgan fingerprint density at radius 3 is 2.77 bits per heavy atom. The fraction of sp³-hybridized carbons (Fsp3) is 0.375. The van der Waals surface area contributed by atoms with Crippen LogP contribution in [0.2, 0.25) is 10.0 Å². The van der Waals surface area contributed by atoms with Crippen LogP contribution in [-0.2, 0) is 4.74 Å². The number of aryl methyl sites for hydroxylation is 1. The number of halogens is 2. The van der Waals surface area contributed by atoms with Gasteiger partial charge in [-0.05, 0) is 31.5 Å². The van der Waals surface area contributed by atoms with Crippen molar-refractivity contribution in [3.05, 3.63) is 51.4 Å². The molecular weight excluding hydrogens is 321 g/mol. The maximum Gasteiger partial charge on any atom is 0.135 e. The molecule has 0 radical (unpaired) electrons. The maximum absolute atomic E-state index is 6.11. The lowest BCUT2D eigenvalue weighted by molar-refractivity contribution is 0.0395. The van der Waals surface area contributed by atoms with Crippen molar-refractivity contribution in [2.45, 2.75) is 20.0 Å². The summed E-state index contributed by atoms with van der Waals surface area (Å²) >= 11 is 12.1. The number of ether oxygens (including phenoxy) is 1. The molecule has 0 spiro atoms. The number of hydrogen-bond acceptors (Lipinski definition) is 4.